The SMILES string of the molecule is CN1CCN(CCCNC(=O)NC2CCCCC2)CC1. The van der Waals surface area contributed by atoms with Crippen LogP contribution in [0.4, 0.5) is 4.79 Å². The topological polar surface area (TPSA) is 47.6 Å². The van der Waals surface area contributed by atoms with Crippen LogP contribution in [0.3, 0.4) is 0 Å². The van der Waals surface area contributed by atoms with E-state index in [0.717, 1.165) is 58.5 Å². The summed E-state index contributed by atoms with van der Waals surface area (Å²) < 4.78 is 0. The number of nitrogens with one attached hydrogen (secondary N) is 2. The van der Waals surface area contributed by atoms with Crippen molar-refractivity contribution >= 4 is 6.03 Å². The van der Waals surface area contributed by atoms with Crippen LogP contribution in [0.2, 0.25) is 0 Å². The van der Waals surface area contributed by atoms with Gasteiger partial charge in [-0.2, -0.15) is 0 Å². The third-order valence-electron chi connectivity index (χ3n) is 4.47. The Kier molecular flexibility index (Phi) is 6.60. The van der Waals surface area contributed by atoms with E-state index in [9.17, 15) is 4.79 Å². The Labute approximate surface area is 123 Å². The van der Waals surface area contributed by atoms with Gasteiger partial charge in [0.1, 0.15) is 0 Å². The first-order valence-corrected chi connectivity index (χ1v) is 8.19. The van der Waals surface area contributed by atoms with E-state index in [0.29, 0.717) is 6.04 Å². The molecule has 2 amide bonds. The molecule has 2 fully saturated rings. The number of hydrogen-bond acceptors (Lipinski definition) is 3. The Morgan fingerprint density at radius 3 is 2.50 bits per heavy atom. The van der Waals surface area contributed by atoms with Gasteiger partial charge in [0.15, 0.2) is 0 Å². The van der Waals surface area contributed by atoms with Gasteiger partial charge in [-0.15, -0.1) is 0 Å². The van der Waals surface area contributed by atoms with Crippen molar-refractivity contribution in [3.05, 3.63) is 0 Å². The fraction of sp³-hybridized carbons (Fsp3) is 0.933. The van der Waals surface area contributed by atoms with Gasteiger partial charge in [0.25, 0.3) is 0 Å². The molecule has 2 rings (SSSR count). The molecule has 5 nitrogen and oxygen atoms in total. The van der Waals surface area contributed by atoms with E-state index in [4.69, 9.17) is 0 Å². The maximum absolute atomic E-state index is 11.8. The van der Waals surface area contributed by atoms with Crippen LogP contribution >= 0.6 is 0 Å². The van der Waals surface area contributed by atoms with Gasteiger partial charge in [0.05, 0.1) is 0 Å². The van der Waals surface area contributed by atoms with Crippen molar-refractivity contribution in [3.63, 3.8) is 0 Å². The molecule has 0 bridgehead atoms. The summed E-state index contributed by atoms with van der Waals surface area (Å²) in [5, 5.41) is 6.08. The van der Waals surface area contributed by atoms with Crippen LogP contribution in [0.25, 0.3) is 0 Å². The Morgan fingerprint density at radius 1 is 1.10 bits per heavy atom. The molecule has 1 aliphatic carbocycles. The molecule has 2 N–H and O–H groups in total. The monoisotopic (exact) mass is 282 g/mol. The Balaban J connectivity index is 1.48. The van der Waals surface area contributed by atoms with Crippen molar-refractivity contribution < 1.29 is 4.79 Å². The minimum absolute atomic E-state index is 0.0234. The molecule has 116 valence electrons. The largest absolute Gasteiger partial charge is 0.338 e. The highest BCUT2D eigenvalue weighted by molar-refractivity contribution is 5.74. The van der Waals surface area contributed by atoms with Crippen LogP contribution < -0.4 is 10.6 Å². The van der Waals surface area contributed by atoms with Crippen LogP contribution in [0.5, 0.6) is 0 Å². The second-order valence-corrected chi connectivity index (χ2v) is 6.23. The number of amides is 2. The molecule has 2 aliphatic rings. The number of rotatable bonds is 5. The van der Waals surface area contributed by atoms with Crippen molar-refractivity contribution in [2.24, 2.45) is 0 Å². The zero-order valence-electron chi connectivity index (χ0n) is 12.9. The number of likely N-dealkylation sites (N-methyl/N-ethyl adjacent to an activating group) is 1. The molecule has 1 saturated heterocycles. The highest BCUT2D eigenvalue weighted by Crippen LogP contribution is 2.17. The van der Waals surface area contributed by atoms with Gasteiger partial charge in [-0.25, -0.2) is 4.79 Å². The molecule has 1 saturated carbocycles. The van der Waals surface area contributed by atoms with E-state index in [1.807, 2.05) is 0 Å². The van der Waals surface area contributed by atoms with Gasteiger partial charge in [0.2, 0.25) is 0 Å². The quantitative estimate of drug-likeness (QED) is 0.746. The first kappa shape index (κ1) is 15.6. The minimum Gasteiger partial charge on any atom is -0.338 e. The molecule has 5 heteroatoms. The molecule has 0 atom stereocenters. The second kappa shape index (κ2) is 8.47. The smallest absolute Gasteiger partial charge is 0.315 e. The number of piperazine rings is 1. The van der Waals surface area contributed by atoms with Gasteiger partial charge >= 0.3 is 6.03 Å². The summed E-state index contributed by atoms with van der Waals surface area (Å²) in [6, 6.07) is 0.427. The Morgan fingerprint density at radius 2 is 1.80 bits per heavy atom. The number of carbonyl (C=O) groups is 1. The summed E-state index contributed by atoms with van der Waals surface area (Å²) in [5.74, 6) is 0. The molecule has 0 radical (unpaired) electrons. The standard InChI is InChI=1S/C15H30N4O/c1-18-10-12-19(13-11-18)9-5-8-16-15(20)17-14-6-3-2-4-7-14/h14H,2-13H2,1H3,(H2,16,17,20). The highest BCUT2D eigenvalue weighted by Gasteiger charge is 2.15. The zero-order valence-corrected chi connectivity index (χ0v) is 12.9. The molecule has 1 heterocycles. The lowest BCUT2D eigenvalue weighted by molar-refractivity contribution is 0.153. The fourth-order valence-corrected chi connectivity index (χ4v) is 3.06. The third kappa shape index (κ3) is 5.67. The first-order chi connectivity index (χ1) is 9.74. The van der Waals surface area contributed by atoms with Crippen molar-refractivity contribution in [3.8, 4) is 0 Å². The lowest BCUT2D eigenvalue weighted by Gasteiger charge is -2.32. The summed E-state index contributed by atoms with van der Waals surface area (Å²) in [4.78, 5) is 16.6. The third-order valence-corrected chi connectivity index (χ3v) is 4.47. The Hall–Kier alpha value is -0.810. The van der Waals surface area contributed by atoms with Gasteiger partial charge < -0.3 is 20.4 Å². The number of hydrogen-bond donors (Lipinski definition) is 2. The summed E-state index contributed by atoms with van der Waals surface area (Å²) in [5.41, 5.74) is 0. The van der Waals surface area contributed by atoms with Crippen molar-refractivity contribution in [1.82, 2.24) is 20.4 Å². The lowest BCUT2D eigenvalue weighted by Crippen LogP contribution is -2.46. The summed E-state index contributed by atoms with van der Waals surface area (Å²) in [7, 11) is 2.18. The van der Waals surface area contributed by atoms with Crippen LogP contribution in [0, 0.1) is 0 Å². The zero-order chi connectivity index (χ0) is 14.2. The van der Waals surface area contributed by atoms with Crippen molar-refractivity contribution in [2.75, 3.05) is 46.3 Å². The highest BCUT2D eigenvalue weighted by atomic mass is 16.2. The first-order valence-electron chi connectivity index (χ1n) is 8.19. The summed E-state index contributed by atoms with van der Waals surface area (Å²) in [6.07, 6.45) is 7.18. The molecule has 0 aromatic heterocycles. The van der Waals surface area contributed by atoms with E-state index in [1.54, 1.807) is 0 Å². The molecular weight excluding hydrogens is 252 g/mol. The fourth-order valence-electron chi connectivity index (χ4n) is 3.06. The lowest BCUT2D eigenvalue weighted by atomic mass is 9.96. The van der Waals surface area contributed by atoms with Gasteiger partial charge in [-0.3, -0.25) is 0 Å². The van der Waals surface area contributed by atoms with Gasteiger partial charge in [0, 0.05) is 38.8 Å². The summed E-state index contributed by atoms with van der Waals surface area (Å²) >= 11 is 0. The normalized spacial score (nSPS) is 22.6. The molecule has 1 aliphatic heterocycles. The molecule has 0 unspecified atom stereocenters. The average Bonchev–Trinajstić information content (AvgIpc) is 2.46. The molecule has 0 aromatic rings. The summed E-state index contributed by atoms with van der Waals surface area (Å²) in [6.45, 7) is 6.52. The van der Waals surface area contributed by atoms with E-state index < -0.39 is 0 Å². The van der Waals surface area contributed by atoms with Gasteiger partial charge in [-0.05, 0) is 32.9 Å². The predicted molar refractivity (Wildman–Crippen MR) is 82.0 cm³/mol. The Bertz CT molecular complexity index is 284. The number of nitrogens with zero attached hydrogens (tertiary/aromatic N) is 2. The van der Waals surface area contributed by atoms with E-state index in [1.165, 1.54) is 19.3 Å². The van der Waals surface area contributed by atoms with E-state index >= 15 is 0 Å². The van der Waals surface area contributed by atoms with Gasteiger partial charge in [-0.1, -0.05) is 19.3 Å². The maximum atomic E-state index is 11.8. The molecule has 0 spiro atoms. The molecule has 0 aromatic carbocycles. The van der Waals surface area contributed by atoms with Crippen LogP contribution in [0.15, 0.2) is 0 Å². The predicted octanol–water partition coefficient (Wildman–Crippen LogP) is 1.26. The van der Waals surface area contributed by atoms with Crippen molar-refractivity contribution in [2.45, 2.75) is 44.6 Å². The van der Waals surface area contributed by atoms with Crippen molar-refractivity contribution in [1.29, 1.82) is 0 Å². The van der Waals surface area contributed by atoms with Crippen LogP contribution in [-0.4, -0.2) is 68.2 Å². The number of urea groups is 1. The average molecular weight is 282 g/mol. The minimum atomic E-state index is 0.0234. The maximum Gasteiger partial charge on any atom is 0.315 e. The molecular formula is C15H30N4O. The van der Waals surface area contributed by atoms with E-state index in [-0.39, 0.29) is 6.03 Å². The molecule has 20 heavy (non-hydrogen) atoms. The van der Waals surface area contributed by atoms with E-state index in [2.05, 4.69) is 27.5 Å². The van der Waals surface area contributed by atoms with Crippen LogP contribution in [0.1, 0.15) is 38.5 Å². The number of carbonyl (C=O) groups excluding carboxylic acids is 1. The van der Waals surface area contributed by atoms with Crippen LogP contribution in [-0.2, 0) is 0 Å². The second-order valence-electron chi connectivity index (χ2n) is 6.23.